The first-order chi connectivity index (χ1) is 12.3. The number of hydrogen-bond donors (Lipinski definition) is 0. The van der Waals surface area contributed by atoms with Crippen LogP contribution in [0.5, 0.6) is 0 Å². The summed E-state index contributed by atoms with van der Waals surface area (Å²) in [5.74, 6) is 0.717. The van der Waals surface area contributed by atoms with Crippen LogP contribution in [0.15, 0.2) is 22.4 Å². The highest BCUT2D eigenvalue weighted by atomic mass is 28.2. The van der Waals surface area contributed by atoms with Gasteiger partial charge in [-0.3, -0.25) is 0 Å². The maximum atomic E-state index is 2.60. The van der Waals surface area contributed by atoms with Gasteiger partial charge >= 0.3 is 0 Å². The Bertz CT molecular complexity index is 689. The lowest BCUT2D eigenvalue weighted by Crippen LogP contribution is -2.26. The van der Waals surface area contributed by atoms with E-state index in [1.54, 1.807) is 27.5 Å². The predicted octanol–water partition coefficient (Wildman–Crippen LogP) is 6.23. The van der Waals surface area contributed by atoms with Crippen molar-refractivity contribution >= 4 is 14.7 Å². The third-order valence-corrected chi connectivity index (χ3v) is 9.50. The molecule has 0 fully saturated rings. The van der Waals surface area contributed by atoms with Gasteiger partial charge in [-0.15, -0.1) is 0 Å². The molecule has 0 N–H and O–H groups in total. The van der Waals surface area contributed by atoms with Crippen molar-refractivity contribution in [3.8, 4) is 0 Å². The van der Waals surface area contributed by atoms with Gasteiger partial charge in [-0.25, -0.2) is 0 Å². The average Bonchev–Trinajstić information content (AvgIpc) is 3.04. The highest BCUT2D eigenvalue weighted by molar-refractivity contribution is 6.62. The first-order valence-corrected chi connectivity index (χ1v) is 12.2. The molecule has 1 atom stereocenters. The zero-order chi connectivity index (χ0) is 19.4. The lowest BCUT2D eigenvalue weighted by molar-refractivity contribution is 0.669. The van der Waals surface area contributed by atoms with Gasteiger partial charge in [0.05, 0.1) is 9.52 Å². The number of benzene rings is 1. The molecule has 0 radical (unpaired) electrons. The topological polar surface area (TPSA) is 0 Å². The summed E-state index contributed by atoms with van der Waals surface area (Å²) >= 11 is 0. The molecule has 2 rings (SSSR count). The SMILES string of the molecule is CCCCCC1=CC(C(C)CC)=C([SiH2]c2c(C)c(C)c(C)c(C)c2C)C1. The monoisotopic (exact) mass is 368 g/mol. The molecule has 0 aliphatic heterocycles. The van der Waals surface area contributed by atoms with Crippen molar-refractivity contribution in [3.63, 3.8) is 0 Å². The molecule has 1 heteroatoms. The fourth-order valence-electron chi connectivity index (χ4n) is 4.44. The van der Waals surface area contributed by atoms with E-state index in [4.69, 9.17) is 0 Å². The van der Waals surface area contributed by atoms with E-state index in [9.17, 15) is 0 Å². The maximum absolute atomic E-state index is 2.60. The van der Waals surface area contributed by atoms with Crippen LogP contribution < -0.4 is 5.19 Å². The van der Waals surface area contributed by atoms with Crippen molar-refractivity contribution in [2.45, 2.75) is 93.9 Å². The summed E-state index contributed by atoms with van der Waals surface area (Å²) < 4.78 is 0. The average molecular weight is 369 g/mol. The highest BCUT2D eigenvalue weighted by Crippen LogP contribution is 2.34. The van der Waals surface area contributed by atoms with Gasteiger partial charge in [-0.1, -0.05) is 55.6 Å². The van der Waals surface area contributed by atoms with E-state index in [0.29, 0.717) is 0 Å². The van der Waals surface area contributed by atoms with Crippen molar-refractivity contribution in [1.82, 2.24) is 0 Å². The summed E-state index contributed by atoms with van der Waals surface area (Å²) in [5.41, 5.74) is 11.1. The maximum Gasteiger partial charge on any atom is 0.0839 e. The molecule has 1 aliphatic rings. The van der Waals surface area contributed by atoms with Crippen LogP contribution in [0.3, 0.4) is 0 Å². The van der Waals surface area contributed by atoms with Crippen molar-refractivity contribution in [2.75, 3.05) is 0 Å². The standard InChI is InChI=1S/C25H40Si/c1-9-11-12-13-22-14-23(16(3)10-2)24(15-22)26-25-20(7)18(5)17(4)19(6)21(25)8/h14,16H,9-13,15,26H2,1-8H3. The normalized spacial score (nSPS) is 16.1. The van der Waals surface area contributed by atoms with E-state index >= 15 is 0 Å². The third-order valence-electron chi connectivity index (χ3n) is 7.00. The van der Waals surface area contributed by atoms with Gasteiger partial charge in [-0.05, 0) is 99.6 Å². The molecule has 0 bridgehead atoms. The molecular formula is C25H40Si. The Balaban J connectivity index is 2.33. The molecule has 0 spiro atoms. The van der Waals surface area contributed by atoms with Crippen LogP contribution >= 0.6 is 0 Å². The fraction of sp³-hybridized carbons (Fsp3) is 0.600. The second kappa shape index (κ2) is 9.22. The molecule has 0 nitrogen and oxygen atoms in total. The Morgan fingerprint density at radius 3 is 2.00 bits per heavy atom. The van der Waals surface area contributed by atoms with E-state index < -0.39 is 0 Å². The molecule has 1 aromatic rings. The van der Waals surface area contributed by atoms with Crippen LogP contribution in [-0.4, -0.2) is 9.52 Å². The van der Waals surface area contributed by atoms with Crippen LogP contribution in [0.25, 0.3) is 0 Å². The number of hydrogen-bond acceptors (Lipinski definition) is 0. The minimum absolute atomic E-state index is 0.384. The lowest BCUT2D eigenvalue weighted by Gasteiger charge is -2.20. The second-order valence-corrected chi connectivity index (χ2v) is 10.5. The molecular weight excluding hydrogens is 328 g/mol. The third kappa shape index (κ3) is 4.42. The van der Waals surface area contributed by atoms with E-state index in [0.717, 1.165) is 5.92 Å². The summed E-state index contributed by atoms with van der Waals surface area (Å²) in [4.78, 5) is 0. The van der Waals surface area contributed by atoms with Crippen LogP contribution in [0, 0.1) is 40.5 Å². The Morgan fingerprint density at radius 1 is 0.885 bits per heavy atom. The molecule has 0 amide bonds. The first kappa shape index (κ1) is 21.2. The molecule has 0 heterocycles. The smallest absolute Gasteiger partial charge is 0.0752 e. The number of allylic oxidation sites excluding steroid dienone is 4. The Kier molecular flexibility index (Phi) is 7.52. The van der Waals surface area contributed by atoms with Crippen molar-refractivity contribution in [1.29, 1.82) is 0 Å². The van der Waals surface area contributed by atoms with Gasteiger partial charge in [0.1, 0.15) is 0 Å². The van der Waals surface area contributed by atoms with Crippen LogP contribution in [0.1, 0.15) is 87.1 Å². The van der Waals surface area contributed by atoms with Gasteiger partial charge in [0.15, 0.2) is 0 Å². The molecule has 1 unspecified atom stereocenters. The number of unbranched alkanes of at least 4 members (excludes halogenated alkanes) is 2. The summed E-state index contributed by atoms with van der Waals surface area (Å²) in [7, 11) is -0.384. The van der Waals surface area contributed by atoms with Crippen molar-refractivity contribution < 1.29 is 0 Å². The van der Waals surface area contributed by atoms with Gasteiger partial charge in [-0.2, -0.15) is 0 Å². The molecule has 0 saturated heterocycles. The van der Waals surface area contributed by atoms with Crippen molar-refractivity contribution in [3.05, 3.63) is 50.2 Å². The minimum Gasteiger partial charge on any atom is -0.0752 e. The summed E-state index contributed by atoms with van der Waals surface area (Å²) in [6, 6.07) is 0. The zero-order valence-corrected chi connectivity index (χ0v) is 20.0. The van der Waals surface area contributed by atoms with Gasteiger partial charge in [0, 0.05) is 0 Å². The Morgan fingerprint density at radius 2 is 1.46 bits per heavy atom. The fourth-order valence-corrected chi connectivity index (χ4v) is 7.03. The molecule has 26 heavy (non-hydrogen) atoms. The van der Waals surface area contributed by atoms with E-state index in [-0.39, 0.29) is 9.52 Å². The van der Waals surface area contributed by atoms with Crippen LogP contribution in [-0.2, 0) is 0 Å². The highest BCUT2D eigenvalue weighted by Gasteiger charge is 2.22. The number of rotatable bonds is 8. The Labute approximate surface area is 165 Å². The second-order valence-electron chi connectivity index (χ2n) is 8.58. The van der Waals surface area contributed by atoms with Gasteiger partial charge < -0.3 is 0 Å². The molecule has 144 valence electrons. The zero-order valence-electron chi connectivity index (χ0n) is 18.6. The summed E-state index contributed by atoms with van der Waals surface area (Å²) in [6.45, 7) is 18.7. The van der Waals surface area contributed by atoms with Crippen LogP contribution in [0.2, 0.25) is 0 Å². The van der Waals surface area contributed by atoms with E-state index in [1.165, 1.54) is 55.2 Å². The molecule has 0 aromatic heterocycles. The minimum atomic E-state index is -0.384. The summed E-state index contributed by atoms with van der Waals surface area (Å²) in [5, 5.41) is 3.56. The van der Waals surface area contributed by atoms with Gasteiger partial charge in [0.2, 0.25) is 0 Å². The molecule has 1 aliphatic carbocycles. The van der Waals surface area contributed by atoms with Gasteiger partial charge in [0.25, 0.3) is 0 Å². The first-order valence-electron chi connectivity index (χ1n) is 10.8. The quantitative estimate of drug-likeness (QED) is 0.377. The van der Waals surface area contributed by atoms with Crippen molar-refractivity contribution in [2.24, 2.45) is 5.92 Å². The Hall–Kier alpha value is -1.08. The predicted molar refractivity (Wildman–Crippen MR) is 122 cm³/mol. The molecule has 0 saturated carbocycles. The molecule has 1 aromatic carbocycles. The van der Waals surface area contributed by atoms with E-state index in [2.05, 4.69) is 61.5 Å². The lowest BCUT2D eigenvalue weighted by atomic mass is 9.95. The largest absolute Gasteiger partial charge is 0.0839 e. The summed E-state index contributed by atoms with van der Waals surface area (Å²) in [6.07, 6.45) is 10.5. The van der Waals surface area contributed by atoms with Crippen LogP contribution in [0.4, 0.5) is 0 Å². The van der Waals surface area contributed by atoms with E-state index in [1.807, 2.05) is 5.20 Å².